The molecule has 0 radical (unpaired) electrons. The van der Waals surface area contributed by atoms with Crippen LogP contribution >= 0.6 is 34.0 Å². The van der Waals surface area contributed by atoms with Gasteiger partial charge in [-0.3, -0.25) is 0 Å². The molecular formula is C36H44S3. The van der Waals surface area contributed by atoms with Crippen LogP contribution in [0, 0.1) is 0 Å². The fourth-order valence-electron chi connectivity index (χ4n) is 5.51. The van der Waals surface area contributed by atoms with E-state index in [2.05, 4.69) is 74.5 Å². The van der Waals surface area contributed by atoms with E-state index < -0.39 is 0 Å². The van der Waals surface area contributed by atoms with Crippen molar-refractivity contribution in [1.29, 1.82) is 0 Å². The molecule has 3 aromatic heterocycles. The van der Waals surface area contributed by atoms with Crippen molar-refractivity contribution in [3.8, 4) is 20.9 Å². The lowest BCUT2D eigenvalue weighted by atomic mass is 10.0. The molecule has 3 heterocycles. The lowest BCUT2D eigenvalue weighted by Gasteiger charge is -2.04. The van der Waals surface area contributed by atoms with Crippen LogP contribution < -0.4 is 0 Å². The zero-order valence-corrected chi connectivity index (χ0v) is 26.3. The summed E-state index contributed by atoms with van der Waals surface area (Å²) in [6.45, 7) is 4.58. The Hall–Kier alpha value is -1.94. The minimum Gasteiger partial charge on any atom is -0.133 e. The molecular weight excluding hydrogens is 529 g/mol. The molecule has 0 unspecified atom stereocenters. The molecule has 5 rings (SSSR count). The van der Waals surface area contributed by atoms with Crippen LogP contribution in [-0.2, 0) is 12.8 Å². The third-order valence-electron chi connectivity index (χ3n) is 7.94. The Balaban J connectivity index is 1.20. The molecule has 5 aromatic rings. The first-order valence-electron chi connectivity index (χ1n) is 15.4. The summed E-state index contributed by atoms with van der Waals surface area (Å²) in [4.78, 5) is 2.80. The fraction of sp³-hybridized carbons (Fsp3) is 0.444. The van der Waals surface area contributed by atoms with E-state index >= 15 is 0 Å². The second-order valence-corrected chi connectivity index (χ2v) is 14.3. The van der Waals surface area contributed by atoms with E-state index in [9.17, 15) is 0 Å². The average Bonchev–Trinajstić information content (AvgIpc) is 3.64. The molecule has 0 bridgehead atoms. The largest absolute Gasteiger partial charge is 0.133 e. The van der Waals surface area contributed by atoms with Crippen molar-refractivity contribution in [3.63, 3.8) is 0 Å². The Bertz CT molecular complexity index is 1300. The number of benzene rings is 2. The van der Waals surface area contributed by atoms with Crippen molar-refractivity contribution in [3.05, 3.63) is 71.8 Å². The molecule has 0 saturated heterocycles. The van der Waals surface area contributed by atoms with Crippen molar-refractivity contribution in [2.45, 2.75) is 104 Å². The van der Waals surface area contributed by atoms with Gasteiger partial charge in [-0.15, -0.1) is 34.0 Å². The monoisotopic (exact) mass is 572 g/mol. The van der Waals surface area contributed by atoms with Gasteiger partial charge in [-0.25, -0.2) is 0 Å². The molecule has 0 spiro atoms. The Morgan fingerprint density at radius 1 is 0.436 bits per heavy atom. The maximum Gasteiger partial charge on any atom is 0.0636 e. The van der Waals surface area contributed by atoms with Crippen LogP contribution in [0.2, 0.25) is 0 Å². The standard InChI is InChI=1S/C36H44S3/c1-3-5-7-9-11-13-15-27-17-21-29(22-18-27)31-25-33-35(38-31)36-34(37-33)26-32(39-36)30-23-19-28(20-24-30)16-14-12-10-8-6-4-2/h17-26H,3-16H2,1-2H3. The van der Waals surface area contributed by atoms with E-state index in [-0.39, 0.29) is 0 Å². The van der Waals surface area contributed by atoms with Crippen LogP contribution in [0.5, 0.6) is 0 Å². The summed E-state index contributed by atoms with van der Waals surface area (Å²) in [5.41, 5.74) is 5.69. The van der Waals surface area contributed by atoms with Gasteiger partial charge in [0.1, 0.15) is 0 Å². The van der Waals surface area contributed by atoms with Gasteiger partial charge < -0.3 is 0 Å². The van der Waals surface area contributed by atoms with Crippen LogP contribution in [0.4, 0.5) is 0 Å². The lowest BCUT2D eigenvalue weighted by molar-refractivity contribution is 0.607. The molecule has 0 saturated carbocycles. The third kappa shape index (κ3) is 7.63. The number of rotatable bonds is 16. The highest BCUT2D eigenvalue weighted by Crippen LogP contribution is 2.48. The van der Waals surface area contributed by atoms with Gasteiger partial charge in [-0.2, -0.15) is 0 Å². The first kappa shape index (κ1) is 28.6. The molecule has 3 heteroatoms. The van der Waals surface area contributed by atoms with Crippen molar-refractivity contribution in [1.82, 2.24) is 0 Å². The number of hydrogen-bond acceptors (Lipinski definition) is 3. The van der Waals surface area contributed by atoms with Crippen LogP contribution in [0.1, 0.15) is 102 Å². The van der Waals surface area contributed by atoms with E-state index in [1.165, 1.54) is 141 Å². The molecule has 0 aliphatic heterocycles. The molecule has 0 aliphatic carbocycles. The SMILES string of the molecule is CCCCCCCCc1ccc(-c2cc3sc4cc(-c5ccc(CCCCCCCC)cc5)sc4c3s2)cc1. The number of hydrogen-bond donors (Lipinski definition) is 0. The Labute approximate surface area is 248 Å². The first-order valence-corrected chi connectivity index (χ1v) is 17.8. The molecule has 0 fully saturated rings. The van der Waals surface area contributed by atoms with Crippen molar-refractivity contribution in [2.24, 2.45) is 0 Å². The average molecular weight is 573 g/mol. The molecule has 0 amide bonds. The predicted molar refractivity (Wildman–Crippen MR) is 180 cm³/mol. The first-order chi connectivity index (χ1) is 19.2. The minimum atomic E-state index is 1.21. The van der Waals surface area contributed by atoms with Gasteiger partial charge in [0, 0.05) is 19.2 Å². The van der Waals surface area contributed by atoms with E-state index in [1.807, 2.05) is 34.0 Å². The summed E-state index contributed by atoms with van der Waals surface area (Å²) in [6, 6.07) is 23.6. The van der Waals surface area contributed by atoms with Crippen molar-refractivity contribution in [2.75, 3.05) is 0 Å². The highest BCUT2D eigenvalue weighted by atomic mass is 32.1. The summed E-state index contributed by atoms with van der Waals surface area (Å²) in [6.07, 6.45) is 18.8. The highest BCUT2D eigenvalue weighted by molar-refractivity contribution is 7.40. The lowest BCUT2D eigenvalue weighted by Crippen LogP contribution is -1.86. The Morgan fingerprint density at radius 2 is 0.821 bits per heavy atom. The molecule has 0 atom stereocenters. The smallest absolute Gasteiger partial charge is 0.0636 e. The van der Waals surface area contributed by atoms with Crippen LogP contribution in [0.3, 0.4) is 0 Å². The van der Waals surface area contributed by atoms with Gasteiger partial charge >= 0.3 is 0 Å². The predicted octanol–water partition coefficient (Wildman–Crippen LogP) is 13.3. The summed E-state index contributed by atoms with van der Waals surface area (Å²) in [5.74, 6) is 0. The van der Waals surface area contributed by atoms with E-state index in [1.54, 1.807) is 0 Å². The topological polar surface area (TPSA) is 0 Å². The van der Waals surface area contributed by atoms with Gasteiger partial charge in [0.05, 0.1) is 9.40 Å². The summed E-state index contributed by atoms with van der Waals surface area (Å²) < 4.78 is 5.82. The zero-order chi connectivity index (χ0) is 26.9. The second-order valence-electron chi connectivity index (χ2n) is 11.1. The summed E-state index contributed by atoms with van der Waals surface area (Å²) in [7, 11) is 0. The number of fused-ring (bicyclic) bond motifs is 3. The highest BCUT2D eigenvalue weighted by Gasteiger charge is 2.15. The summed E-state index contributed by atoms with van der Waals surface area (Å²) >= 11 is 5.90. The van der Waals surface area contributed by atoms with E-state index in [0.29, 0.717) is 0 Å². The number of aryl methyl sites for hydroxylation is 2. The van der Waals surface area contributed by atoms with E-state index in [4.69, 9.17) is 0 Å². The van der Waals surface area contributed by atoms with Gasteiger partial charge in [-0.05, 0) is 60.1 Å². The molecule has 206 valence electrons. The minimum absolute atomic E-state index is 1.21. The summed E-state index contributed by atoms with van der Waals surface area (Å²) in [5, 5.41) is 0. The molecule has 0 nitrogen and oxygen atoms in total. The van der Waals surface area contributed by atoms with Gasteiger partial charge in [0.2, 0.25) is 0 Å². The second kappa shape index (κ2) is 14.6. The van der Waals surface area contributed by atoms with Gasteiger partial charge in [-0.1, -0.05) is 127 Å². The quantitative estimate of drug-likeness (QED) is 0.103. The molecule has 0 N–H and O–H groups in total. The zero-order valence-electron chi connectivity index (χ0n) is 23.9. The number of unbranched alkanes of at least 4 members (excludes halogenated alkanes) is 10. The third-order valence-corrected chi connectivity index (χ3v) is 11.8. The molecule has 2 aromatic carbocycles. The van der Waals surface area contributed by atoms with Crippen molar-refractivity contribution < 1.29 is 0 Å². The Kier molecular flexibility index (Phi) is 10.7. The van der Waals surface area contributed by atoms with Crippen molar-refractivity contribution >= 4 is 52.8 Å². The maximum atomic E-state index is 2.41. The normalized spacial score (nSPS) is 11.7. The fourth-order valence-corrected chi connectivity index (χ4v) is 9.54. The van der Waals surface area contributed by atoms with Crippen LogP contribution in [0.15, 0.2) is 60.7 Å². The molecule has 39 heavy (non-hydrogen) atoms. The molecule has 0 aliphatic rings. The van der Waals surface area contributed by atoms with Gasteiger partial charge in [0.25, 0.3) is 0 Å². The maximum absolute atomic E-state index is 2.41. The van der Waals surface area contributed by atoms with E-state index in [0.717, 1.165) is 0 Å². The van der Waals surface area contributed by atoms with Crippen LogP contribution in [0.25, 0.3) is 39.7 Å². The number of thiophene rings is 3. The van der Waals surface area contributed by atoms with Gasteiger partial charge in [0.15, 0.2) is 0 Å². The van der Waals surface area contributed by atoms with Crippen LogP contribution in [-0.4, -0.2) is 0 Å². The Morgan fingerprint density at radius 3 is 1.23 bits per heavy atom.